The van der Waals surface area contributed by atoms with Gasteiger partial charge in [0.2, 0.25) is 0 Å². The molecule has 1 amide bonds. The van der Waals surface area contributed by atoms with Gasteiger partial charge < -0.3 is 19.8 Å². The first-order valence-electron chi connectivity index (χ1n) is 8.54. The van der Waals surface area contributed by atoms with Gasteiger partial charge in [-0.3, -0.25) is 9.69 Å². The van der Waals surface area contributed by atoms with Gasteiger partial charge in [-0.1, -0.05) is 0 Å². The molecule has 6 heteroatoms. The van der Waals surface area contributed by atoms with Crippen LogP contribution in [0.2, 0.25) is 0 Å². The van der Waals surface area contributed by atoms with Gasteiger partial charge in [-0.15, -0.1) is 0 Å². The number of amides is 1. The van der Waals surface area contributed by atoms with Crippen molar-refractivity contribution in [2.75, 3.05) is 26.2 Å². The van der Waals surface area contributed by atoms with E-state index in [-0.39, 0.29) is 24.2 Å². The third-order valence-corrected chi connectivity index (χ3v) is 4.68. The maximum absolute atomic E-state index is 12.7. The number of carbonyl (C=O) groups excluding carboxylic acids is 1. The van der Waals surface area contributed by atoms with E-state index in [0.29, 0.717) is 18.1 Å². The number of furan rings is 1. The third-order valence-electron chi connectivity index (χ3n) is 4.68. The van der Waals surface area contributed by atoms with Crippen molar-refractivity contribution in [3.05, 3.63) is 23.7 Å². The van der Waals surface area contributed by atoms with Crippen LogP contribution in [-0.4, -0.2) is 60.1 Å². The van der Waals surface area contributed by atoms with E-state index >= 15 is 0 Å². The zero-order chi connectivity index (χ0) is 16.4. The van der Waals surface area contributed by atoms with Crippen LogP contribution in [0, 0.1) is 0 Å². The molecule has 2 aliphatic rings. The molecule has 1 aromatic heterocycles. The smallest absolute Gasteiger partial charge is 0.289 e. The lowest BCUT2D eigenvalue weighted by molar-refractivity contribution is -0.0715. The molecule has 2 aliphatic heterocycles. The molecule has 0 spiro atoms. The van der Waals surface area contributed by atoms with Crippen molar-refractivity contribution in [1.29, 1.82) is 0 Å². The maximum atomic E-state index is 12.7. The van der Waals surface area contributed by atoms with Gasteiger partial charge in [-0.2, -0.15) is 0 Å². The van der Waals surface area contributed by atoms with Crippen molar-refractivity contribution in [2.45, 2.75) is 51.5 Å². The lowest BCUT2D eigenvalue weighted by atomic mass is 10.1. The van der Waals surface area contributed by atoms with Crippen molar-refractivity contribution < 1.29 is 13.9 Å². The van der Waals surface area contributed by atoms with Gasteiger partial charge in [0.1, 0.15) is 5.76 Å². The molecule has 3 atom stereocenters. The van der Waals surface area contributed by atoms with E-state index in [4.69, 9.17) is 14.9 Å². The molecule has 23 heavy (non-hydrogen) atoms. The lowest BCUT2D eigenvalue weighted by Gasteiger charge is -2.38. The molecule has 0 aliphatic carbocycles. The number of hydrogen-bond acceptors (Lipinski definition) is 5. The number of rotatable bonds is 4. The summed E-state index contributed by atoms with van der Waals surface area (Å²) in [7, 11) is 0. The average molecular weight is 321 g/mol. The van der Waals surface area contributed by atoms with Crippen LogP contribution in [0.5, 0.6) is 0 Å². The van der Waals surface area contributed by atoms with Gasteiger partial charge >= 0.3 is 0 Å². The number of likely N-dealkylation sites (tertiary alicyclic amines) is 1. The van der Waals surface area contributed by atoms with Crippen molar-refractivity contribution >= 4 is 5.91 Å². The Balaban J connectivity index is 1.64. The van der Waals surface area contributed by atoms with Gasteiger partial charge in [-0.05, 0) is 38.8 Å². The third kappa shape index (κ3) is 3.76. The summed E-state index contributed by atoms with van der Waals surface area (Å²) in [6.07, 6.45) is 2.61. The van der Waals surface area contributed by atoms with Crippen molar-refractivity contribution in [3.8, 4) is 0 Å². The minimum atomic E-state index is -0.0124. The first-order chi connectivity index (χ1) is 11.1. The predicted molar refractivity (Wildman–Crippen MR) is 87.1 cm³/mol. The monoisotopic (exact) mass is 321 g/mol. The number of ether oxygens (including phenoxy) is 1. The van der Waals surface area contributed by atoms with E-state index in [1.165, 1.54) is 0 Å². The normalized spacial score (nSPS) is 29.2. The fourth-order valence-electron chi connectivity index (χ4n) is 3.77. The largest absolute Gasteiger partial charge is 0.455 e. The van der Waals surface area contributed by atoms with Gasteiger partial charge in [-0.25, -0.2) is 0 Å². The fraction of sp³-hybridized carbons (Fsp3) is 0.706. The first kappa shape index (κ1) is 16.5. The molecule has 0 unspecified atom stereocenters. The summed E-state index contributed by atoms with van der Waals surface area (Å²) in [6.45, 7) is 8.11. The molecule has 128 valence electrons. The van der Waals surface area contributed by atoms with Crippen molar-refractivity contribution in [1.82, 2.24) is 9.80 Å². The second-order valence-corrected chi connectivity index (χ2v) is 6.74. The molecule has 0 saturated carbocycles. The Bertz CT molecular complexity index is 535. The second-order valence-electron chi connectivity index (χ2n) is 6.74. The van der Waals surface area contributed by atoms with E-state index < -0.39 is 0 Å². The highest BCUT2D eigenvalue weighted by atomic mass is 16.5. The summed E-state index contributed by atoms with van der Waals surface area (Å²) < 4.78 is 11.3. The van der Waals surface area contributed by atoms with Crippen LogP contribution >= 0.6 is 0 Å². The quantitative estimate of drug-likeness (QED) is 0.909. The summed E-state index contributed by atoms with van der Waals surface area (Å²) in [5.41, 5.74) is 5.56. The van der Waals surface area contributed by atoms with Crippen molar-refractivity contribution in [3.63, 3.8) is 0 Å². The zero-order valence-corrected chi connectivity index (χ0v) is 14.0. The van der Waals surface area contributed by atoms with Crippen LogP contribution in [0.3, 0.4) is 0 Å². The molecule has 2 N–H and O–H groups in total. The number of morpholine rings is 1. The SMILES string of the molecule is C[C@@H]1CN(C[C@H]2CCCN2C(=O)c2ccc(CN)o2)C[C@H](C)O1. The maximum Gasteiger partial charge on any atom is 0.289 e. The van der Waals surface area contributed by atoms with Crippen LogP contribution in [0.25, 0.3) is 0 Å². The summed E-state index contributed by atoms with van der Waals surface area (Å²) in [5.74, 6) is 1.04. The van der Waals surface area contributed by atoms with E-state index in [1.807, 2.05) is 4.90 Å². The molecule has 1 aromatic rings. The van der Waals surface area contributed by atoms with E-state index in [0.717, 1.165) is 39.0 Å². The second kappa shape index (κ2) is 7.03. The van der Waals surface area contributed by atoms with Gasteiger partial charge in [0, 0.05) is 32.2 Å². The van der Waals surface area contributed by atoms with Crippen LogP contribution in [0.4, 0.5) is 0 Å². The molecule has 0 bridgehead atoms. The Morgan fingerprint density at radius 2 is 2.04 bits per heavy atom. The summed E-state index contributed by atoms with van der Waals surface area (Å²) >= 11 is 0. The Morgan fingerprint density at radius 1 is 1.30 bits per heavy atom. The van der Waals surface area contributed by atoms with Crippen LogP contribution < -0.4 is 5.73 Å². The minimum absolute atomic E-state index is 0.0124. The van der Waals surface area contributed by atoms with Crippen LogP contribution in [-0.2, 0) is 11.3 Å². The highest BCUT2D eigenvalue weighted by Crippen LogP contribution is 2.23. The van der Waals surface area contributed by atoms with E-state index in [1.54, 1.807) is 12.1 Å². The molecule has 2 fully saturated rings. The number of nitrogens with two attached hydrogens (primary N) is 1. The van der Waals surface area contributed by atoms with E-state index in [9.17, 15) is 4.79 Å². The Kier molecular flexibility index (Phi) is 5.04. The highest BCUT2D eigenvalue weighted by Gasteiger charge is 2.33. The molecule has 3 heterocycles. The van der Waals surface area contributed by atoms with Crippen LogP contribution in [0.15, 0.2) is 16.5 Å². The van der Waals surface area contributed by atoms with E-state index in [2.05, 4.69) is 18.7 Å². The Labute approximate surface area is 137 Å². The Hall–Kier alpha value is -1.37. The zero-order valence-electron chi connectivity index (χ0n) is 14.0. The van der Waals surface area contributed by atoms with Crippen LogP contribution in [0.1, 0.15) is 43.0 Å². The topological polar surface area (TPSA) is 71.9 Å². The van der Waals surface area contributed by atoms with Gasteiger partial charge in [0.15, 0.2) is 5.76 Å². The van der Waals surface area contributed by atoms with Crippen molar-refractivity contribution in [2.24, 2.45) is 5.73 Å². The molecule has 0 radical (unpaired) electrons. The fourth-order valence-corrected chi connectivity index (χ4v) is 3.77. The highest BCUT2D eigenvalue weighted by molar-refractivity contribution is 5.92. The predicted octanol–water partition coefficient (Wildman–Crippen LogP) is 1.45. The molecule has 6 nitrogen and oxygen atoms in total. The minimum Gasteiger partial charge on any atom is -0.455 e. The van der Waals surface area contributed by atoms with Gasteiger partial charge in [0.25, 0.3) is 5.91 Å². The number of hydrogen-bond donors (Lipinski definition) is 1. The number of nitrogens with zero attached hydrogens (tertiary/aromatic N) is 2. The number of carbonyl (C=O) groups is 1. The Morgan fingerprint density at radius 3 is 2.70 bits per heavy atom. The lowest BCUT2D eigenvalue weighted by Crippen LogP contribution is -2.50. The molecular weight excluding hydrogens is 294 g/mol. The summed E-state index contributed by atoms with van der Waals surface area (Å²) in [6, 6.07) is 3.77. The average Bonchev–Trinajstić information content (AvgIpc) is 3.14. The molecule has 0 aromatic carbocycles. The molecule has 2 saturated heterocycles. The molecule has 3 rings (SSSR count). The summed E-state index contributed by atoms with van der Waals surface area (Å²) in [4.78, 5) is 17.1. The van der Waals surface area contributed by atoms with Gasteiger partial charge in [0.05, 0.1) is 18.8 Å². The first-order valence-corrected chi connectivity index (χ1v) is 8.54. The standard InChI is InChI=1S/C17H27N3O3/c1-12-9-19(10-13(2)22-12)11-14-4-3-7-20(14)17(21)16-6-5-15(8-18)23-16/h5-6,12-14H,3-4,7-11,18H2,1-2H3/t12-,13+,14-/m1/s1. The summed E-state index contributed by atoms with van der Waals surface area (Å²) in [5, 5.41) is 0. The molecular formula is C17H27N3O3.